The number of fused-ring (bicyclic) bond motifs is 1. The van der Waals surface area contributed by atoms with Crippen LogP contribution in [-0.4, -0.2) is 29.2 Å². The highest BCUT2D eigenvalue weighted by molar-refractivity contribution is 6.32. The van der Waals surface area contributed by atoms with Crippen molar-refractivity contribution in [2.75, 3.05) is 6.61 Å². The van der Waals surface area contributed by atoms with Crippen LogP contribution >= 0.6 is 0 Å². The number of hydrogen-bond donors (Lipinski definition) is 0. The normalized spacial score (nSPS) is 21.4. The third-order valence-corrected chi connectivity index (χ3v) is 2.88. The molecule has 1 aliphatic rings. The van der Waals surface area contributed by atoms with E-state index in [-0.39, 0.29) is 6.23 Å². The summed E-state index contributed by atoms with van der Waals surface area (Å²) < 4.78 is 7.54. The number of nitrogens with zero attached hydrogens (tertiary/aromatic N) is 3. The van der Waals surface area contributed by atoms with Gasteiger partial charge in [-0.3, -0.25) is 0 Å². The summed E-state index contributed by atoms with van der Waals surface area (Å²) in [6.07, 6.45) is 6.79. The summed E-state index contributed by atoms with van der Waals surface area (Å²) in [7, 11) is 5.68. The van der Waals surface area contributed by atoms with Crippen molar-refractivity contribution in [3.8, 4) is 0 Å². The van der Waals surface area contributed by atoms with Gasteiger partial charge in [0.25, 0.3) is 0 Å². The van der Waals surface area contributed by atoms with Crippen molar-refractivity contribution < 1.29 is 4.74 Å². The number of aromatic nitrogens is 3. The second-order valence-corrected chi connectivity index (χ2v) is 4.09. The Hall–Kier alpha value is -1.36. The van der Waals surface area contributed by atoms with Gasteiger partial charge in [0, 0.05) is 18.2 Å². The molecule has 0 aliphatic carbocycles. The van der Waals surface area contributed by atoms with E-state index in [4.69, 9.17) is 12.6 Å². The number of ether oxygens (including phenoxy) is 1. The van der Waals surface area contributed by atoms with Gasteiger partial charge in [0.05, 0.1) is 6.20 Å². The highest BCUT2D eigenvalue weighted by Crippen LogP contribution is 2.24. The molecule has 80 valence electrons. The smallest absolute Gasteiger partial charge is 0.160 e. The minimum Gasteiger partial charge on any atom is -0.356 e. The van der Waals surface area contributed by atoms with Crippen molar-refractivity contribution in [2.24, 2.45) is 0 Å². The second-order valence-electron chi connectivity index (χ2n) is 4.09. The van der Waals surface area contributed by atoms with E-state index in [0.717, 1.165) is 30.5 Å². The number of pyridine rings is 1. The van der Waals surface area contributed by atoms with Crippen LogP contribution in [-0.2, 0) is 4.74 Å². The van der Waals surface area contributed by atoms with Gasteiger partial charge in [0.1, 0.15) is 7.85 Å². The lowest BCUT2D eigenvalue weighted by atomic mass is 9.98. The molecule has 1 saturated heterocycles. The Labute approximate surface area is 95.0 Å². The summed E-state index contributed by atoms with van der Waals surface area (Å²) in [5.41, 5.74) is 1.51. The molecule has 16 heavy (non-hydrogen) atoms. The molecule has 2 aromatic heterocycles. The zero-order valence-corrected chi connectivity index (χ0v) is 8.97. The average molecular weight is 213 g/mol. The van der Waals surface area contributed by atoms with E-state index in [1.807, 2.05) is 10.7 Å². The molecular formula is C11H12BN3O. The van der Waals surface area contributed by atoms with Crippen molar-refractivity contribution in [2.45, 2.75) is 25.5 Å². The summed E-state index contributed by atoms with van der Waals surface area (Å²) >= 11 is 0. The maximum Gasteiger partial charge on any atom is 0.160 e. The van der Waals surface area contributed by atoms with Crippen LogP contribution in [0.2, 0.25) is 0 Å². The maximum absolute atomic E-state index is 5.69. The second kappa shape index (κ2) is 3.90. The minimum atomic E-state index is 0.0300. The van der Waals surface area contributed by atoms with Crippen LogP contribution in [0.25, 0.3) is 11.0 Å². The molecule has 0 aromatic carbocycles. The molecule has 3 rings (SSSR count). The van der Waals surface area contributed by atoms with Crippen LogP contribution in [0, 0.1) is 0 Å². The van der Waals surface area contributed by atoms with Crippen LogP contribution in [0.3, 0.4) is 0 Å². The largest absolute Gasteiger partial charge is 0.356 e. The highest BCUT2D eigenvalue weighted by Gasteiger charge is 2.18. The van der Waals surface area contributed by atoms with Crippen molar-refractivity contribution in [3.05, 3.63) is 18.5 Å². The lowest BCUT2D eigenvalue weighted by Gasteiger charge is -2.22. The summed E-state index contributed by atoms with van der Waals surface area (Å²) in [6.45, 7) is 0.807. The van der Waals surface area contributed by atoms with Gasteiger partial charge in [-0.25, -0.2) is 9.67 Å². The van der Waals surface area contributed by atoms with Gasteiger partial charge < -0.3 is 4.74 Å². The molecule has 3 heterocycles. The molecule has 1 atom stereocenters. The quantitative estimate of drug-likeness (QED) is 0.661. The molecule has 1 unspecified atom stereocenters. The van der Waals surface area contributed by atoms with Crippen LogP contribution in [0.4, 0.5) is 0 Å². The van der Waals surface area contributed by atoms with Gasteiger partial charge in [-0.15, -0.1) is 0 Å². The minimum absolute atomic E-state index is 0.0300. The SMILES string of the molecule is [B]c1cnc2c(cnn2C2CCCCO2)c1. The Morgan fingerprint density at radius 2 is 2.31 bits per heavy atom. The van der Waals surface area contributed by atoms with E-state index in [1.54, 1.807) is 12.4 Å². The van der Waals surface area contributed by atoms with E-state index in [2.05, 4.69) is 10.1 Å². The van der Waals surface area contributed by atoms with E-state index >= 15 is 0 Å². The van der Waals surface area contributed by atoms with Crippen LogP contribution in [0.1, 0.15) is 25.5 Å². The molecule has 2 aromatic rings. The monoisotopic (exact) mass is 213 g/mol. The van der Waals surface area contributed by atoms with E-state index < -0.39 is 0 Å². The zero-order chi connectivity index (χ0) is 11.0. The van der Waals surface area contributed by atoms with Crippen molar-refractivity contribution in [3.63, 3.8) is 0 Å². The molecule has 0 amide bonds. The van der Waals surface area contributed by atoms with Crippen molar-refractivity contribution in [1.29, 1.82) is 0 Å². The molecule has 2 radical (unpaired) electrons. The molecule has 0 saturated carbocycles. The Kier molecular flexibility index (Phi) is 2.40. The summed E-state index contributed by atoms with van der Waals surface area (Å²) in [6, 6.07) is 1.88. The predicted octanol–water partition coefficient (Wildman–Crippen LogP) is 0.924. The van der Waals surface area contributed by atoms with Crippen LogP contribution in [0.5, 0.6) is 0 Å². The van der Waals surface area contributed by atoms with Crippen LogP contribution in [0.15, 0.2) is 18.5 Å². The molecule has 0 spiro atoms. The molecule has 4 nitrogen and oxygen atoms in total. The van der Waals surface area contributed by atoms with Crippen molar-refractivity contribution >= 4 is 24.3 Å². The lowest BCUT2D eigenvalue weighted by molar-refractivity contribution is -0.0370. The van der Waals surface area contributed by atoms with Crippen molar-refractivity contribution in [1.82, 2.24) is 14.8 Å². The first kappa shape index (κ1) is 9.84. The summed E-state index contributed by atoms with van der Waals surface area (Å²) in [5, 5.41) is 5.30. The van der Waals surface area contributed by atoms with Crippen LogP contribution < -0.4 is 5.46 Å². The standard InChI is InChI=1S/C11H12BN3O/c12-9-5-8-6-14-15(11(8)13-7-9)10-3-1-2-4-16-10/h5-7,10H,1-4H2. The maximum atomic E-state index is 5.69. The first-order valence-electron chi connectivity index (χ1n) is 5.55. The van der Waals surface area contributed by atoms with Gasteiger partial charge in [0.15, 0.2) is 11.9 Å². The third-order valence-electron chi connectivity index (χ3n) is 2.88. The molecule has 5 heteroatoms. The Morgan fingerprint density at radius 1 is 1.38 bits per heavy atom. The van der Waals surface area contributed by atoms with E-state index in [0.29, 0.717) is 5.46 Å². The number of rotatable bonds is 1. The fourth-order valence-corrected chi connectivity index (χ4v) is 2.08. The Morgan fingerprint density at radius 3 is 3.12 bits per heavy atom. The summed E-state index contributed by atoms with van der Waals surface area (Å²) in [5.74, 6) is 0. The number of hydrogen-bond acceptors (Lipinski definition) is 3. The predicted molar refractivity (Wildman–Crippen MR) is 61.8 cm³/mol. The topological polar surface area (TPSA) is 39.9 Å². The van der Waals surface area contributed by atoms with E-state index in [9.17, 15) is 0 Å². The Balaban J connectivity index is 2.03. The lowest BCUT2D eigenvalue weighted by Crippen LogP contribution is -2.19. The molecule has 1 fully saturated rings. The third kappa shape index (κ3) is 1.61. The molecular weight excluding hydrogens is 201 g/mol. The average Bonchev–Trinajstić information content (AvgIpc) is 2.73. The van der Waals surface area contributed by atoms with E-state index in [1.165, 1.54) is 6.42 Å². The first-order valence-corrected chi connectivity index (χ1v) is 5.55. The molecule has 1 aliphatic heterocycles. The zero-order valence-electron chi connectivity index (χ0n) is 8.97. The molecule has 0 N–H and O–H groups in total. The van der Waals surface area contributed by atoms with Gasteiger partial charge in [0.2, 0.25) is 0 Å². The highest BCUT2D eigenvalue weighted by atomic mass is 16.5. The fourth-order valence-electron chi connectivity index (χ4n) is 2.08. The van der Waals surface area contributed by atoms with Gasteiger partial charge in [-0.2, -0.15) is 5.10 Å². The molecule has 0 bridgehead atoms. The Bertz CT molecular complexity index is 505. The van der Waals surface area contributed by atoms with Gasteiger partial charge in [-0.1, -0.05) is 11.5 Å². The fraction of sp³-hybridized carbons (Fsp3) is 0.455. The van der Waals surface area contributed by atoms with Gasteiger partial charge >= 0.3 is 0 Å². The summed E-state index contributed by atoms with van der Waals surface area (Å²) in [4.78, 5) is 4.31. The first-order chi connectivity index (χ1) is 7.84. The van der Waals surface area contributed by atoms with Gasteiger partial charge in [-0.05, 0) is 19.3 Å².